The van der Waals surface area contributed by atoms with Crippen LogP contribution in [0.2, 0.25) is 0 Å². The van der Waals surface area contributed by atoms with E-state index in [0.717, 1.165) is 11.5 Å². The lowest BCUT2D eigenvalue weighted by molar-refractivity contribution is 0.495. The van der Waals surface area contributed by atoms with Crippen molar-refractivity contribution in [2.24, 2.45) is 5.41 Å². The summed E-state index contributed by atoms with van der Waals surface area (Å²) in [6.07, 6.45) is 2.16. The first kappa shape index (κ1) is 13.1. The molecule has 0 saturated carbocycles. The quantitative estimate of drug-likeness (QED) is 0.557. The van der Waals surface area contributed by atoms with E-state index in [1.54, 1.807) is 0 Å². The highest BCUT2D eigenvalue weighted by molar-refractivity contribution is 8.78. The molecule has 0 aromatic rings. The second-order valence-corrected chi connectivity index (χ2v) is 6.18. The molecular formula is C8H16S4. The van der Waals surface area contributed by atoms with Crippen LogP contribution in [-0.2, 0) is 0 Å². The number of rotatable bonds is 2. The molecule has 0 N–H and O–H groups in total. The van der Waals surface area contributed by atoms with E-state index < -0.39 is 0 Å². The molecule has 0 unspecified atom stereocenters. The number of hydrogen-bond acceptors (Lipinski definition) is 4. The highest BCUT2D eigenvalue weighted by Crippen LogP contribution is 2.27. The first-order valence-corrected chi connectivity index (χ1v) is 7.42. The SMILES string of the molecule is C1=CSSC1.CC(C)(CS)CS. The van der Waals surface area contributed by atoms with Crippen LogP contribution in [0.4, 0.5) is 0 Å². The Labute approximate surface area is 94.6 Å². The molecule has 0 aliphatic carbocycles. The highest BCUT2D eigenvalue weighted by Gasteiger charge is 2.11. The van der Waals surface area contributed by atoms with Gasteiger partial charge in [-0.25, -0.2) is 0 Å². The zero-order valence-corrected chi connectivity index (χ0v) is 10.9. The Kier molecular flexibility index (Phi) is 8.25. The van der Waals surface area contributed by atoms with Crippen LogP contribution in [0.15, 0.2) is 11.5 Å². The molecule has 0 radical (unpaired) electrons. The molecule has 0 nitrogen and oxygen atoms in total. The van der Waals surface area contributed by atoms with Crippen molar-refractivity contribution in [3.05, 3.63) is 11.5 Å². The van der Waals surface area contributed by atoms with Gasteiger partial charge in [-0.3, -0.25) is 0 Å². The lowest BCUT2D eigenvalue weighted by Crippen LogP contribution is -2.14. The van der Waals surface area contributed by atoms with E-state index in [1.165, 1.54) is 5.75 Å². The highest BCUT2D eigenvalue weighted by atomic mass is 33.1. The molecule has 0 saturated heterocycles. The molecule has 12 heavy (non-hydrogen) atoms. The van der Waals surface area contributed by atoms with Crippen molar-refractivity contribution in [3.8, 4) is 0 Å². The van der Waals surface area contributed by atoms with Crippen LogP contribution in [0.25, 0.3) is 0 Å². The largest absolute Gasteiger partial charge is 0.179 e. The fourth-order valence-electron chi connectivity index (χ4n) is 0.246. The first-order chi connectivity index (χ1) is 5.62. The zero-order valence-electron chi connectivity index (χ0n) is 7.49. The lowest BCUT2D eigenvalue weighted by atomic mass is 10.0. The van der Waals surface area contributed by atoms with Crippen LogP contribution in [0.3, 0.4) is 0 Å². The van der Waals surface area contributed by atoms with E-state index >= 15 is 0 Å². The molecule has 1 aliphatic rings. The molecule has 0 spiro atoms. The summed E-state index contributed by atoms with van der Waals surface area (Å²) in [7, 11) is 3.69. The fraction of sp³-hybridized carbons (Fsp3) is 0.750. The molecule has 0 fully saturated rings. The summed E-state index contributed by atoms with van der Waals surface area (Å²) in [6.45, 7) is 4.29. The second-order valence-electron chi connectivity index (χ2n) is 3.23. The molecule has 0 bridgehead atoms. The monoisotopic (exact) mass is 240 g/mol. The van der Waals surface area contributed by atoms with Crippen molar-refractivity contribution in [2.75, 3.05) is 17.3 Å². The Bertz CT molecular complexity index is 119. The van der Waals surface area contributed by atoms with Crippen LogP contribution in [0, 0.1) is 5.41 Å². The van der Waals surface area contributed by atoms with Gasteiger partial charge < -0.3 is 0 Å². The molecule has 0 aromatic heterocycles. The molecule has 0 atom stereocenters. The molecule has 72 valence electrons. The Morgan fingerprint density at radius 3 is 2.00 bits per heavy atom. The predicted octanol–water partition coefficient (Wildman–Crippen LogP) is 3.77. The van der Waals surface area contributed by atoms with Crippen LogP contribution < -0.4 is 0 Å². The number of thiol groups is 2. The minimum absolute atomic E-state index is 0.312. The van der Waals surface area contributed by atoms with Gasteiger partial charge in [0.2, 0.25) is 0 Å². The van der Waals surface area contributed by atoms with Gasteiger partial charge in [0.15, 0.2) is 0 Å². The van der Waals surface area contributed by atoms with E-state index in [2.05, 4.69) is 50.6 Å². The standard InChI is InChI=1S/C5H12S2.C3H4S2/c1-5(2,3-6)4-7;1-2-4-5-3-1/h6-7H,3-4H2,1-2H3;1-2H,3H2. The summed E-state index contributed by atoms with van der Waals surface area (Å²) in [5, 5.41) is 2.12. The molecule has 1 heterocycles. The van der Waals surface area contributed by atoms with Crippen LogP contribution in [0.5, 0.6) is 0 Å². The fourth-order valence-corrected chi connectivity index (χ4v) is 2.22. The van der Waals surface area contributed by atoms with Gasteiger partial charge in [-0.1, -0.05) is 41.5 Å². The maximum atomic E-state index is 4.13. The van der Waals surface area contributed by atoms with Crippen molar-refractivity contribution in [1.82, 2.24) is 0 Å². The van der Waals surface area contributed by atoms with Gasteiger partial charge in [0, 0.05) is 5.75 Å². The average Bonchev–Trinajstić information content (AvgIpc) is 2.62. The van der Waals surface area contributed by atoms with Crippen molar-refractivity contribution in [3.63, 3.8) is 0 Å². The smallest absolute Gasteiger partial charge is 0.0229 e. The molecule has 1 aliphatic heterocycles. The van der Waals surface area contributed by atoms with E-state index in [1.807, 2.05) is 21.6 Å². The van der Waals surface area contributed by atoms with Crippen molar-refractivity contribution in [1.29, 1.82) is 0 Å². The summed E-state index contributed by atoms with van der Waals surface area (Å²) in [6, 6.07) is 0. The Balaban J connectivity index is 0.000000211. The van der Waals surface area contributed by atoms with Gasteiger partial charge >= 0.3 is 0 Å². The summed E-state index contributed by atoms with van der Waals surface area (Å²) in [5.41, 5.74) is 0.312. The first-order valence-electron chi connectivity index (χ1n) is 3.77. The van der Waals surface area contributed by atoms with E-state index in [9.17, 15) is 0 Å². The normalized spacial score (nSPS) is 15.7. The summed E-state index contributed by atoms with van der Waals surface area (Å²) in [4.78, 5) is 0. The van der Waals surface area contributed by atoms with Gasteiger partial charge in [0.25, 0.3) is 0 Å². The maximum Gasteiger partial charge on any atom is 0.0229 e. The molecule has 0 amide bonds. The Morgan fingerprint density at radius 1 is 1.33 bits per heavy atom. The average molecular weight is 240 g/mol. The zero-order chi connectivity index (χ0) is 9.45. The van der Waals surface area contributed by atoms with E-state index in [-0.39, 0.29) is 0 Å². The van der Waals surface area contributed by atoms with Crippen molar-refractivity contribution >= 4 is 46.8 Å². The summed E-state index contributed by atoms with van der Waals surface area (Å²) < 4.78 is 0. The minimum atomic E-state index is 0.312. The minimum Gasteiger partial charge on any atom is -0.179 e. The summed E-state index contributed by atoms with van der Waals surface area (Å²) in [5.74, 6) is 3.03. The third-order valence-electron chi connectivity index (χ3n) is 1.24. The van der Waals surface area contributed by atoms with Crippen molar-refractivity contribution < 1.29 is 0 Å². The third kappa shape index (κ3) is 7.77. The Morgan fingerprint density at radius 2 is 1.92 bits per heavy atom. The molecule has 1 rings (SSSR count). The predicted molar refractivity (Wildman–Crippen MR) is 70.7 cm³/mol. The van der Waals surface area contributed by atoms with Gasteiger partial charge in [-0.15, -0.1) is 0 Å². The van der Waals surface area contributed by atoms with E-state index in [4.69, 9.17) is 0 Å². The van der Waals surface area contributed by atoms with Crippen molar-refractivity contribution in [2.45, 2.75) is 13.8 Å². The second kappa shape index (κ2) is 7.54. The number of hydrogen-bond donors (Lipinski definition) is 2. The molecular weight excluding hydrogens is 224 g/mol. The van der Waals surface area contributed by atoms with Gasteiger partial charge in [0.1, 0.15) is 0 Å². The van der Waals surface area contributed by atoms with Crippen LogP contribution in [-0.4, -0.2) is 17.3 Å². The van der Waals surface area contributed by atoms with E-state index in [0.29, 0.717) is 5.41 Å². The van der Waals surface area contributed by atoms with Gasteiger partial charge in [0.05, 0.1) is 0 Å². The summed E-state index contributed by atoms with van der Waals surface area (Å²) >= 11 is 8.26. The third-order valence-corrected chi connectivity index (χ3v) is 4.87. The van der Waals surface area contributed by atoms with Gasteiger partial charge in [-0.05, 0) is 22.3 Å². The lowest BCUT2D eigenvalue weighted by Gasteiger charge is -2.17. The topological polar surface area (TPSA) is 0 Å². The van der Waals surface area contributed by atoms with Gasteiger partial charge in [-0.2, -0.15) is 25.3 Å². The molecule has 4 heteroatoms. The van der Waals surface area contributed by atoms with Crippen LogP contribution in [0.1, 0.15) is 13.8 Å². The molecule has 0 aromatic carbocycles. The van der Waals surface area contributed by atoms with Crippen LogP contribution >= 0.6 is 46.8 Å². The Hall–Kier alpha value is 1.14. The maximum absolute atomic E-state index is 4.13.